The van der Waals surface area contributed by atoms with Gasteiger partial charge in [0.1, 0.15) is 6.10 Å². The number of unbranched alkanes of at least 4 members (excludes halogenated alkanes) is 29. The zero-order chi connectivity index (χ0) is 39.6. The van der Waals surface area contributed by atoms with Crippen molar-refractivity contribution in [3.05, 3.63) is 12.2 Å². The zero-order valence-electron chi connectivity index (χ0n) is 36.4. The van der Waals surface area contributed by atoms with Crippen molar-refractivity contribution in [3.8, 4) is 0 Å². The summed E-state index contributed by atoms with van der Waals surface area (Å²) in [6.07, 6.45) is 45.5. The van der Waals surface area contributed by atoms with Gasteiger partial charge in [-0.1, -0.05) is 206 Å². The molecule has 0 aliphatic carbocycles. The van der Waals surface area contributed by atoms with Crippen LogP contribution >= 0.6 is 0 Å². The molecule has 3 unspecified atom stereocenters. The molecule has 0 fully saturated rings. The largest absolute Gasteiger partial charge is 0.462 e. The highest BCUT2D eigenvalue weighted by Gasteiger charge is 2.24. The SMILES string of the molecule is CCCCC/C=C\CCCCCCCC(=O)OC(CCCCCCCCCCCCCCC)CC(=O)NC(CO)C(O)CCCCCCCCCCCC. The predicted molar refractivity (Wildman–Crippen MR) is 232 cm³/mol. The Labute approximate surface area is 336 Å². The molecule has 0 saturated heterocycles. The Kier molecular flexibility index (Phi) is 41.6. The molecule has 320 valence electrons. The van der Waals surface area contributed by atoms with Crippen LogP contribution in [0.25, 0.3) is 0 Å². The quantitative estimate of drug-likeness (QED) is 0.0326. The average Bonchev–Trinajstić information content (AvgIpc) is 3.16. The predicted octanol–water partition coefficient (Wildman–Crippen LogP) is 13.8. The van der Waals surface area contributed by atoms with Crippen molar-refractivity contribution in [1.82, 2.24) is 5.32 Å². The first-order chi connectivity index (χ1) is 26.5. The van der Waals surface area contributed by atoms with E-state index in [1.807, 2.05) is 0 Å². The zero-order valence-corrected chi connectivity index (χ0v) is 36.4. The third kappa shape index (κ3) is 37.5. The van der Waals surface area contributed by atoms with Gasteiger partial charge in [0.15, 0.2) is 0 Å². The van der Waals surface area contributed by atoms with Gasteiger partial charge in [0.25, 0.3) is 0 Å². The van der Waals surface area contributed by atoms with Crippen LogP contribution in [0.1, 0.15) is 258 Å². The summed E-state index contributed by atoms with van der Waals surface area (Å²) in [6.45, 7) is 6.45. The van der Waals surface area contributed by atoms with E-state index in [4.69, 9.17) is 4.74 Å². The van der Waals surface area contributed by atoms with Gasteiger partial charge in [0.05, 0.1) is 25.2 Å². The minimum absolute atomic E-state index is 0.0808. The summed E-state index contributed by atoms with van der Waals surface area (Å²) in [5.74, 6) is -0.472. The lowest BCUT2D eigenvalue weighted by Crippen LogP contribution is -2.46. The molecule has 0 aromatic carbocycles. The molecule has 0 aromatic rings. The van der Waals surface area contributed by atoms with Crippen molar-refractivity contribution in [2.75, 3.05) is 6.61 Å². The molecule has 3 atom stereocenters. The van der Waals surface area contributed by atoms with Crippen LogP contribution in [0.3, 0.4) is 0 Å². The van der Waals surface area contributed by atoms with Crippen LogP contribution < -0.4 is 5.32 Å². The number of hydrogen-bond donors (Lipinski definition) is 3. The minimum atomic E-state index is -0.781. The first kappa shape index (κ1) is 52.6. The average molecular weight is 764 g/mol. The lowest BCUT2D eigenvalue weighted by Gasteiger charge is -2.24. The molecule has 0 radical (unpaired) electrons. The first-order valence-electron chi connectivity index (χ1n) is 23.9. The van der Waals surface area contributed by atoms with Crippen molar-refractivity contribution < 1.29 is 24.5 Å². The summed E-state index contributed by atoms with van der Waals surface area (Å²) in [5.41, 5.74) is 0. The van der Waals surface area contributed by atoms with Gasteiger partial charge in [-0.05, 0) is 51.4 Å². The monoisotopic (exact) mass is 764 g/mol. The molecule has 0 aliphatic rings. The van der Waals surface area contributed by atoms with E-state index in [1.165, 1.54) is 161 Å². The van der Waals surface area contributed by atoms with Gasteiger partial charge >= 0.3 is 5.97 Å². The van der Waals surface area contributed by atoms with Crippen molar-refractivity contribution in [3.63, 3.8) is 0 Å². The second-order valence-electron chi connectivity index (χ2n) is 16.5. The molecular formula is C48H93NO5. The highest BCUT2D eigenvalue weighted by Crippen LogP contribution is 2.18. The number of hydrogen-bond acceptors (Lipinski definition) is 5. The Bertz CT molecular complexity index is 817. The highest BCUT2D eigenvalue weighted by atomic mass is 16.5. The molecule has 0 spiro atoms. The standard InChI is InChI=1S/C48H93NO5/c1-4-7-10-13-16-19-22-24-25-27-30-33-36-39-44(54-48(53)41-38-35-32-29-26-23-20-17-14-11-8-5-2)42-47(52)49-45(43-50)46(51)40-37-34-31-28-21-18-15-12-9-6-3/h17,20,44-46,50-51H,4-16,18-19,21-43H2,1-3H3,(H,49,52)/b20-17-. The van der Waals surface area contributed by atoms with Crippen LogP contribution in [0, 0.1) is 0 Å². The van der Waals surface area contributed by atoms with Gasteiger partial charge in [-0.25, -0.2) is 0 Å². The molecule has 0 aromatic heterocycles. The van der Waals surface area contributed by atoms with Crippen LogP contribution in [-0.2, 0) is 14.3 Å². The van der Waals surface area contributed by atoms with Crippen LogP contribution in [0.15, 0.2) is 12.2 Å². The number of carbonyl (C=O) groups is 2. The molecule has 0 rings (SSSR count). The molecule has 54 heavy (non-hydrogen) atoms. The first-order valence-corrected chi connectivity index (χ1v) is 23.9. The normalized spacial score (nSPS) is 13.4. The number of rotatable bonds is 43. The number of esters is 1. The Morgan fingerprint density at radius 3 is 1.35 bits per heavy atom. The molecule has 0 bridgehead atoms. The lowest BCUT2D eigenvalue weighted by molar-refractivity contribution is -0.151. The summed E-state index contributed by atoms with van der Waals surface area (Å²) in [4.78, 5) is 26.0. The third-order valence-corrected chi connectivity index (χ3v) is 11.1. The van der Waals surface area contributed by atoms with Gasteiger partial charge in [0, 0.05) is 6.42 Å². The molecule has 6 heteroatoms. The van der Waals surface area contributed by atoms with E-state index in [2.05, 4.69) is 38.2 Å². The fourth-order valence-corrected chi connectivity index (χ4v) is 7.43. The summed E-state index contributed by atoms with van der Waals surface area (Å²) >= 11 is 0. The van der Waals surface area contributed by atoms with E-state index in [0.29, 0.717) is 19.3 Å². The van der Waals surface area contributed by atoms with E-state index in [-0.39, 0.29) is 24.9 Å². The summed E-state index contributed by atoms with van der Waals surface area (Å²) in [7, 11) is 0. The van der Waals surface area contributed by atoms with Gasteiger partial charge in [-0.3, -0.25) is 9.59 Å². The molecule has 0 aliphatic heterocycles. The van der Waals surface area contributed by atoms with Crippen LogP contribution in [0.4, 0.5) is 0 Å². The van der Waals surface area contributed by atoms with Crippen molar-refractivity contribution in [1.29, 1.82) is 0 Å². The summed E-state index contributed by atoms with van der Waals surface area (Å²) in [5, 5.41) is 23.6. The highest BCUT2D eigenvalue weighted by molar-refractivity contribution is 5.77. The maximum absolute atomic E-state index is 13.1. The van der Waals surface area contributed by atoms with E-state index in [1.54, 1.807) is 0 Å². The molecule has 0 saturated carbocycles. The fraction of sp³-hybridized carbons (Fsp3) is 0.917. The lowest BCUT2D eigenvalue weighted by atomic mass is 10.0. The van der Waals surface area contributed by atoms with Crippen LogP contribution in [0.5, 0.6) is 0 Å². The number of amides is 1. The topological polar surface area (TPSA) is 95.9 Å². The second-order valence-corrected chi connectivity index (χ2v) is 16.5. The summed E-state index contributed by atoms with van der Waals surface area (Å²) < 4.78 is 5.91. The van der Waals surface area contributed by atoms with Gasteiger partial charge < -0.3 is 20.3 Å². The van der Waals surface area contributed by atoms with Crippen LogP contribution in [-0.4, -0.2) is 46.9 Å². The molecule has 6 nitrogen and oxygen atoms in total. The van der Waals surface area contributed by atoms with Gasteiger partial charge in [-0.2, -0.15) is 0 Å². The van der Waals surface area contributed by atoms with E-state index in [9.17, 15) is 19.8 Å². The molecule has 0 heterocycles. The summed E-state index contributed by atoms with van der Waals surface area (Å²) in [6, 6.07) is -0.694. The van der Waals surface area contributed by atoms with E-state index < -0.39 is 18.2 Å². The maximum atomic E-state index is 13.1. The van der Waals surface area contributed by atoms with Crippen LogP contribution in [0.2, 0.25) is 0 Å². The Hall–Kier alpha value is -1.40. The molecule has 1 amide bonds. The molecule has 3 N–H and O–H groups in total. The van der Waals surface area contributed by atoms with Crippen molar-refractivity contribution in [2.45, 2.75) is 277 Å². The Morgan fingerprint density at radius 1 is 0.519 bits per heavy atom. The second kappa shape index (κ2) is 42.7. The smallest absolute Gasteiger partial charge is 0.306 e. The van der Waals surface area contributed by atoms with Gasteiger partial charge in [0.2, 0.25) is 5.91 Å². The van der Waals surface area contributed by atoms with Gasteiger partial charge in [-0.15, -0.1) is 0 Å². The van der Waals surface area contributed by atoms with E-state index in [0.717, 1.165) is 51.4 Å². The Morgan fingerprint density at radius 2 is 0.889 bits per heavy atom. The van der Waals surface area contributed by atoms with E-state index >= 15 is 0 Å². The number of aliphatic hydroxyl groups is 2. The van der Waals surface area contributed by atoms with Crippen molar-refractivity contribution in [2.24, 2.45) is 0 Å². The van der Waals surface area contributed by atoms with Crippen molar-refractivity contribution >= 4 is 11.9 Å². The Balaban J connectivity index is 4.57. The fourth-order valence-electron chi connectivity index (χ4n) is 7.43. The molecular weight excluding hydrogens is 671 g/mol. The number of allylic oxidation sites excluding steroid dienone is 2. The maximum Gasteiger partial charge on any atom is 0.306 e. The third-order valence-electron chi connectivity index (χ3n) is 11.1. The number of aliphatic hydroxyl groups excluding tert-OH is 2. The number of carbonyl (C=O) groups excluding carboxylic acids is 2. The number of ether oxygens (including phenoxy) is 1. The number of nitrogens with one attached hydrogen (secondary N) is 1. The minimum Gasteiger partial charge on any atom is -0.462 e.